The number of carbonyl (C=O) groups is 3. The molecule has 32 heavy (non-hydrogen) atoms. The number of benzene rings is 3. The lowest BCUT2D eigenvalue weighted by atomic mass is 9.83. The highest BCUT2D eigenvalue weighted by Gasteiger charge is 2.33. The number of amides is 1. The summed E-state index contributed by atoms with van der Waals surface area (Å²) in [7, 11) is 0. The number of hydrogen-bond donors (Lipinski definition) is 1. The molecule has 1 aliphatic rings. The second kappa shape index (κ2) is 9.33. The van der Waals surface area contributed by atoms with Gasteiger partial charge in [-0.25, -0.2) is 0 Å². The number of hydrogen-bond acceptors (Lipinski definition) is 4. The summed E-state index contributed by atoms with van der Waals surface area (Å²) in [4.78, 5) is 38.5. The van der Waals surface area contributed by atoms with Gasteiger partial charge in [0, 0.05) is 22.6 Å². The van der Waals surface area contributed by atoms with Gasteiger partial charge < -0.3 is 10.1 Å². The van der Waals surface area contributed by atoms with Crippen molar-refractivity contribution in [3.05, 3.63) is 91.9 Å². The molecule has 0 unspecified atom stereocenters. The third-order valence-electron chi connectivity index (χ3n) is 5.00. The van der Waals surface area contributed by atoms with Gasteiger partial charge in [0.05, 0.1) is 33.5 Å². The van der Waals surface area contributed by atoms with Crippen molar-refractivity contribution in [1.29, 1.82) is 0 Å². The number of ether oxygens (including phenoxy) is 1. The van der Waals surface area contributed by atoms with E-state index in [0.717, 1.165) is 0 Å². The average molecular weight is 489 g/mol. The molecule has 0 heterocycles. The molecule has 162 valence electrons. The quantitative estimate of drug-likeness (QED) is 0.327. The third-order valence-corrected chi connectivity index (χ3v) is 5.84. The maximum Gasteiger partial charge on any atom is 0.224 e. The van der Waals surface area contributed by atoms with Crippen LogP contribution in [0, 0.1) is 0 Å². The van der Waals surface area contributed by atoms with Crippen LogP contribution in [0.2, 0.25) is 15.1 Å². The molecule has 1 amide bonds. The van der Waals surface area contributed by atoms with E-state index in [-0.39, 0.29) is 57.9 Å². The predicted octanol–water partition coefficient (Wildman–Crippen LogP) is 6.22. The average Bonchev–Trinajstić information content (AvgIpc) is 2.77. The first kappa shape index (κ1) is 22.3. The van der Waals surface area contributed by atoms with E-state index >= 15 is 0 Å². The van der Waals surface area contributed by atoms with Crippen LogP contribution in [0.5, 0.6) is 5.75 Å². The largest absolute Gasteiger partial charge is 0.492 e. The highest BCUT2D eigenvalue weighted by atomic mass is 35.5. The van der Waals surface area contributed by atoms with Gasteiger partial charge >= 0.3 is 0 Å². The summed E-state index contributed by atoms with van der Waals surface area (Å²) in [6, 6.07) is 14.5. The van der Waals surface area contributed by atoms with Gasteiger partial charge in [0.1, 0.15) is 5.75 Å². The van der Waals surface area contributed by atoms with E-state index in [1.54, 1.807) is 42.5 Å². The van der Waals surface area contributed by atoms with E-state index in [0.29, 0.717) is 27.8 Å². The molecule has 0 saturated carbocycles. The molecule has 1 aliphatic carbocycles. The summed E-state index contributed by atoms with van der Waals surface area (Å²) < 4.78 is 5.58. The molecular weight excluding hydrogens is 473 g/mol. The minimum absolute atomic E-state index is 0.105. The van der Waals surface area contributed by atoms with E-state index in [1.165, 1.54) is 12.1 Å². The van der Waals surface area contributed by atoms with Crippen molar-refractivity contribution in [2.45, 2.75) is 12.8 Å². The van der Waals surface area contributed by atoms with Crippen LogP contribution in [0.1, 0.15) is 44.7 Å². The fourth-order valence-electron chi connectivity index (χ4n) is 3.51. The molecule has 3 aromatic carbocycles. The highest BCUT2D eigenvalue weighted by Crippen LogP contribution is 2.36. The Kier molecular flexibility index (Phi) is 6.51. The number of ketones is 2. The summed E-state index contributed by atoms with van der Waals surface area (Å²) in [6.45, 7) is 0.262. The highest BCUT2D eigenvalue weighted by molar-refractivity contribution is 6.40. The van der Waals surface area contributed by atoms with Crippen LogP contribution in [-0.4, -0.2) is 24.1 Å². The van der Waals surface area contributed by atoms with E-state index in [4.69, 9.17) is 39.5 Å². The van der Waals surface area contributed by atoms with E-state index in [1.807, 2.05) is 0 Å². The number of rotatable bonds is 6. The Morgan fingerprint density at radius 1 is 0.844 bits per heavy atom. The second-order valence-corrected chi connectivity index (χ2v) is 8.37. The van der Waals surface area contributed by atoms with Gasteiger partial charge in [-0.1, -0.05) is 59.1 Å². The standard InChI is InChI=1S/C24H16Cl3NO4/c25-13-7-10-19(17(27)12-13)32-11-3-6-20(29)28-18-9-8-16(26)21-22(18)24(31)15-5-2-1-4-14(15)23(21)30/h1-2,4-5,7-10,12H,3,6,11H2,(H,28,29). The van der Waals surface area contributed by atoms with Crippen LogP contribution < -0.4 is 10.1 Å². The van der Waals surface area contributed by atoms with Gasteiger partial charge in [0.15, 0.2) is 11.6 Å². The molecule has 0 radical (unpaired) electrons. The molecule has 0 aliphatic heterocycles. The Balaban J connectivity index is 1.45. The Morgan fingerprint density at radius 3 is 2.22 bits per heavy atom. The van der Waals surface area contributed by atoms with Crippen LogP contribution in [0.3, 0.4) is 0 Å². The normalized spacial score (nSPS) is 12.2. The Labute approximate surface area is 199 Å². The Bertz CT molecular complexity index is 1260. The van der Waals surface area contributed by atoms with Crippen LogP contribution in [0.15, 0.2) is 54.6 Å². The molecule has 8 heteroatoms. The number of fused-ring (bicyclic) bond motifs is 2. The van der Waals surface area contributed by atoms with Crippen molar-refractivity contribution in [3.63, 3.8) is 0 Å². The van der Waals surface area contributed by atoms with Gasteiger partial charge in [0.25, 0.3) is 0 Å². The summed E-state index contributed by atoms with van der Waals surface area (Å²) >= 11 is 18.2. The zero-order valence-corrected chi connectivity index (χ0v) is 18.9. The van der Waals surface area contributed by atoms with Crippen LogP contribution in [0.4, 0.5) is 5.69 Å². The van der Waals surface area contributed by atoms with Crippen molar-refractivity contribution >= 4 is 58.0 Å². The predicted molar refractivity (Wildman–Crippen MR) is 125 cm³/mol. The van der Waals surface area contributed by atoms with Crippen molar-refractivity contribution < 1.29 is 19.1 Å². The first-order valence-corrected chi connectivity index (χ1v) is 10.9. The van der Waals surface area contributed by atoms with Crippen molar-refractivity contribution in [2.75, 3.05) is 11.9 Å². The van der Waals surface area contributed by atoms with Gasteiger partial charge in [-0.3, -0.25) is 14.4 Å². The zero-order valence-electron chi connectivity index (χ0n) is 16.6. The van der Waals surface area contributed by atoms with Crippen LogP contribution in [-0.2, 0) is 4.79 Å². The van der Waals surface area contributed by atoms with Gasteiger partial charge in [-0.2, -0.15) is 0 Å². The Hall–Kier alpha value is -2.86. The molecule has 0 spiro atoms. The molecular formula is C24H16Cl3NO4. The summed E-state index contributed by atoms with van der Waals surface area (Å²) in [5, 5.41) is 3.78. The lowest BCUT2D eigenvalue weighted by Crippen LogP contribution is -2.24. The van der Waals surface area contributed by atoms with Crippen molar-refractivity contribution in [3.8, 4) is 5.75 Å². The maximum absolute atomic E-state index is 13.1. The summed E-state index contributed by atoms with van der Waals surface area (Å²) in [5.74, 6) is -0.538. The van der Waals surface area contributed by atoms with Crippen LogP contribution >= 0.6 is 34.8 Å². The fourth-order valence-corrected chi connectivity index (χ4v) is 4.21. The maximum atomic E-state index is 13.1. The lowest BCUT2D eigenvalue weighted by Gasteiger charge is -2.21. The third kappa shape index (κ3) is 4.37. The van der Waals surface area contributed by atoms with E-state index in [9.17, 15) is 14.4 Å². The molecule has 0 aromatic heterocycles. The molecule has 0 bridgehead atoms. The topological polar surface area (TPSA) is 72.5 Å². The van der Waals surface area contributed by atoms with Gasteiger partial charge in [0.2, 0.25) is 5.91 Å². The van der Waals surface area contributed by atoms with E-state index < -0.39 is 0 Å². The zero-order chi connectivity index (χ0) is 22.8. The number of anilines is 1. The SMILES string of the molecule is O=C(CCCOc1ccc(Cl)cc1Cl)Nc1ccc(Cl)c2c1C(=O)c1ccccc1C2=O. The number of carbonyl (C=O) groups excluding carboxylic acids is 3. The summed E-state index contributed by atoms with van der Waals surface area (Å²) in [6.07, 6.45) is 0.553. The molecule has 0 saturated heterocycles. The molecule has 0 atom stereocenters. The fraction of sp³-hybridized carbons (Fsp3) is 0.125. The molecule has 4 rings (SSSR count). The minimum atomic E-state index is -0.353. The monoisotopic (exact) mass is 487 g/mol. The van der Waals surface area contributed by atoms with Gasteiger partial charge in [-0.05, 0) is 36.8 Å². The van der Waals surface area contributed by atoms with Crippen molar-refractivity contribution in [1.82, 2.24) is 0 Å². The van der Waals surface area contributed by atoms with Gasteiger partial charge in [-0.15, -0.1) is 0 Å². The van der Waals surface area contributed by atoms with E-state index in [2.05, 4.69) is 5.32 Å². The first-order valence-electron chi connectivity index (χ1n) is 9.75. The smallest absolute Gasteiger partial charge is 0.224 e. The molecule has 1 N–H and O–H groups in total. The van der Waals surface area contributed by atoms with Crippen LogP contribution in [0.25, 0.3) is 0 Å². The van der Waals surface area contributed by atoms with Crippen molar-refractivity contribution in [2.24, 2.45) is 0 Å². The number of nitrogens with one attached hydrogen (secondary N) is 1. The first-order chi connectivity index (χ1) is 15.4. The molecule has 0 fully saturated rings. The second-order valence-electron chi connectivity index (χ2n) is 7.12. The summed E-state index contributed by atoms with van der Waals surface area (Å²) in [5.41, 5.74) is 1.06. The molecule has 5 nitrogen and oxygen atoms in total. The number of halogens is 3. The lowest BCUT2D eigenvalue weighted by molar-refractivity contribution is -0.116. The Morgan fingerprint density at radius 2 is 1.53 bits per heavy atom. The molecule has 3 aromatic rings. The minimum Gasteiger partial charge on any atom is -0.492 e.